The van der Waals surface area contributed by atoms with Gasteiger partial charge in [-0.2, -0.15) is 5.10 Å². The number of nitrogens with one attached hydrogen (secondary N) is 1. The van der Waals surface area contributed by atoms with Crippen LogP contribution in [0.4, 0.5) is 0 Å². The van der Waals surface area contributed by atoms with Gasteiger partial charge < -0.3 is 14.3 Å². The second-order valence-corrected chi connectivity index (χ2v) is 6.53. The van der Waals surface area contributed by atoms with Crippen LogP contribution in [-0.2, 0) is 22.6 Å². The Kier molecular flexibility index (Phi) is 3.21. The summed E-state index contributed by atoms with van der Waals surface area (Å²) in [5, 5.41) is 6.52. The molecule has 130 valence electrons. The number of hydrogen-bond acceptors (Lipinski definition) is 4. The number of rotatable bonds is 2. The molecule has 0 radical (unpaired) electrons. The lowest BCUT2D eigenvalue weighted by Crippen LogP contribution is -2.60. The van der Waals surface area contributed by atoms with Crippen molar-refractivity contribution in [1.29, 1.82) is 0 Å². The molecule has 26 heavy (non-hydrogen) atoms. The maximum atomic E-state index is 12.9. The van der Waals surface area contributed by atoms with Crippen molar-refractivity contribution in [1.82, 2.24) is 14.9 Å². The second-order valence-electron chi connectivity index (χ2n) is 6.53. The number of hydrogen-bond donors (Lipinski definition) is 1. The molecule has 0 saturated carbocycles. The minimum atomic E-state index is -0.517. The predicted octanol–water partition coefficient (Wildman–Crippen LogP) is 1.89. The summed E-state index contributed by atoms with van der Waals surface area (Å²) in [6.07, 6.45) is 3.49. The highest BCUT2D eigenvalue weighted by Crippen LogP contribution is 2.32. The van der Waals surface area contributed by atoms with E-state index in [-0.39, 0.29) is 18.4 Å². The second kappa shape index (κ2) is 5.59. The smallest absolute Gasteiger partial charge is 0.266 e. The number of furan rings is 1. The highest BCUT2D eigenvalue weighted by Gasteiger charge is 2.43. The molecule has 2 aromatic heterocycles. The topological polar surface area (TPSA) is 81.9 Å². The first kappa shape index (κ1) is 14.9. The van der Waals surface area contributed by atoms with Gasteiger partial charge in [-0.15, -0.1) is 0 Å². The van der Waals surface area contributed by atoms with Gasteiger partial charge in [0.25, 0.3) is 5.91 Å². The molecule has 2 aliphatic heterocycles. The standard InChI is InChI=1S/C19H16N4O3/c24-18-11-23(20-9-12-4-3-7-26-12)19(25)17-8-14-13-5-1-2-6-15(13)21-16(14)10-22(17)18/h1-7,9,17,21H,8,10-11H2/t17-/m1/s1. The number of piperazine rings is 1. The van der Waals surface area contributed by atoms with Gasteiger partial charge in [0.05, 0.1) is 19.0 Å². The molecule has 0 unspecified atom stereocenters. The number of carbonyl (C=O) groups excluding carboxylic acids is 2. The lowest BCUT2D eigenvalue weighted by Gasteiger charge is -2.40. The zero-order valence-corrected chi connectivity index (χ0v) is 13.9. The van der Waals surface area contributed by atoms with Crippen LogP contribution in [0.1, 0.15) is 17.0 Å². The number of aromatic nitrogens is 1. The highest BCUT2D eigenvalue weighted by atomic mass is 16.3. The van der Waals surface area contributed by atoms with Crippen LogP contribution in [0.3, 0.4) is 0 Å². The third-order valence-corrected chi connectivity index (χ3v) is 5.02. The quantitative estimate of drug-likeness (QED) is 0.718. The van der Waals surface area contributed by atoms with E-state index in [4.69, 9.17) is 4.42 Å². The third kappa shape index (κ3) is 2.24. The van der Waals surface area contributed by atoms with Crippen molar-refractivity contribution in [3.8, 4) is 0 Å². The molecule has 7 heteroatoms. The van der Waals surface area contributed by atoms with Crippen LogP contribution < -0.4 is 0 Å². The average molecular weight is 348 g/mol. The normalized spacial score (nSPS) is 20.1. The van der Waals surface area contributed by atoms with Crippen LogP contribution >= 0.6 is 0 Å². The van der Waals surface area contributed by atoms with Crippen molar-refractivity contribution in [3.63, 3.8) is 0 Å². The first-order chi connectivity index (χ1) is 12.7. The number of carbonyl (C=O) groups is 2. The molecular formula is C19H16N4O3. The van der Waals surface area contributed by atoms with Gasteiger partial charge >= 0.3 is 0 Å². The maximum absolute atomic E-state index is 12.9. The molecule has 1 aromatic carbocycles. The Labute approximate surface area is 148 Å². The maximum Gasteiger partial charge on any atom is 0.266 e. The fourth-order valence-corrected chi connectivity index (χ4v) is 3.75. The molecule has 1 fully saturated rings. The zero-order chi connectivity index (χ0) is 17.7. The van der Waals surface area contributed by atoms with E-state index in [0.29, 0.717) is 18.7 Å². The van der Waals surface area contributed by atoms with E-state index >= 15 is 0 Å². The Hall–Kier alpha value is -3.35. The molecule has 0 aliphatic carbocycles. The van der Waals surface area contributed by atoms with E-state index in [1.165, 1.54) is 17.5 Å². The summed E-state index contributed by atoms with van der Waals surface area (Å²) in [4.78, 5) is 30.5. The molecule has 2 amide bonds. The lowest BCUT2D eigenvalue weighted by atomic mass is 9.94. The number of para-hydroxylation sites is 1. The fourth-order valence-electron chi connectivity index (χ4n) is 3.75. The molecule has 1 N–H and O–H groups in total. The van der Waals surface area contributed by atoms with Crippen LogP contribution in [0.5, 0.6) is 0 Å². The van der Waals surface area contributed by atoms with Crippen LogP contribution in [0.2, 0.25) is 0 Å². The number of nitrogens with zero attached hydrogens (tertiary/aromatic N) is 3. The Morgan fingerprint density at radius 2 is 2.04 bits per heavy atom. The molecule has 0 spiro atoms. The van der Waals surface area contributed by atoms with Crippen LogP contribution in [0.15, 0.2) is 52.2 Å². The van der Waals surface area contributed by atoms with E-state index in [2.05, 4.69) is 10.1 Å². The Morgan fingerprint density at radius 1 is 1.15 bits per heavy atom. The van der Waals surface area contributed by atoms with E-state index in [0.717, 1.165) is 22.2 Å². The fraction of sp³-hybridized carbons (Fsp3) is 0.211. The summed E-state index contributed by atoms with van der Waals surface area (Å²) in [6, 6.07) is 11.0. The van der Waals surface area contributed by atoms with Crippen molar-refractivity contribution in [2.45, 2.75) is 19.0 Å². The minimum absolute atomic E-state index is 0.0535. The van der Waals surface area contributed by atoms with E-state index in [1.54, 1.807) is 17.0 Å². The summed E-state index contributed by atoms with van der Waals surface area (Å²) in [6.45, 7) is 0.372. The summed E-state index contributed by atoms with van der Waals surface area (Å²) in [5.74, 6) is 0.272. The summed E-state index contributed by atoms with van der Waals surface area (Å²) >= 11 is 0. The monoisotopic (exact) mass is 348 g/mol. The van der Waals surface area contributed by atoms with Crippen molar-refractivity contribution < 1.29 is 14.0 Å². The Morgan fingerprint density at radius 3 is 2.88 bits per heavy atom. The van der Waals surface area contributed by atoms with Gasteiger partial charge in [0.1, 0.15) is 18.3 Å². The molecular weight excluding hydrogens is 332 g/mol. The third-order valence-electron chi connectivity index (χ3n) is 5.02. The van der Waals surface area contributed by atoms with Gasteiger partial charge in [0.15, 0.2) is 0 Å². The molecule has 3 aromatic rings. The van der Waals surface area contributed by atoms with Crippen molar-refractivity contribution in [3.05, 3.63) is 59.7 Å². The van der Waals surface area contributed by atoms with Gasteiger partial charge in [-0.05, 0) is 23.8 Å². The minimum Gasteiger partial charge on any atom is -0.463 e. The van der Waals surface area contributed by atoms with E-state index in [9.17, 15) is 9.59 Å². The Balaban J connectivity index is 1.48. The first-order valence-corrected chi connectivity index (χ1v) is 8.47. The SMILES string of the molecule is O=C1[C@H]2Cc3c([nH]c4ccccc34)CN2C(=O)CN1N=Cc1ccco1. The highest BCUT2D eigenvalue weighted by molar-refractivity contribution is 5.97. The predicted molar refractivity (Wildman–Crippen MR) is 94.4 cm³/mol. The number of benzene rings is 1. The van der Waals surface area contributed by atoms with Gasteiger partial charge in [-0.25, -0.2) is 5.01 Å². The van der Waals surface area contributed by atoms with E-state index in [1.807, 2.05) is 24.3 Å². The van der Waals surface area contributed by atoms with Gasteiger partial charge in [-0.1, -0.05) is 18.2 Å². The van der Waals surface area contributed by atoms with Crippen molar-refractivity contribution in [2.75, 3.05) is 6.54 Å². The van der Waals surface area contributed by atoms with Crippen LogP contribution in [-0.4, -0.2) is 45.5 Å². The lowest BCUT2D eigenvalue weighted by molar-refractivity contribution is -0.157. The number of fused-ring (bicyclic) bond motifs is 4. The molecule has 2 aliphatic rings. The van der Waals surface area contributed by atoms with Gasteiger partial charge in [0.2, 0.25) is 5.91 Å². The molecule has 0 bridgehead atoms. The molecule has 1 saturated heterocycles. The molecule has 5 rings (SSSR count). The largest absolute Gasteiger partial charge is 0.463 e. The number of aromatic amines is 1. The number of H-pyrrole nitrogens is 1. The summed E-state index contributed by atoms with van der Waals surface area (Å²) in [5.41, 5.74) is 3.15. The van der Waals surface area contributed by atoms with Gasteiger partial charge in [-0.3, -0.25) is 9.59 Å². The molecule has 1 atom stereocenters. The van der Waals surface area contributed by atoms with Crippen molar-refractivity contribution in [2.24, 2.45) is 5.10 Å². The average Bonchev–Trinajstić information content (AvgIpc) is 3.29. The number of amides is 2. The van der Waals surface area contributed by atoms with Crippen LogP contribution in [0.25, 0.3) is 10.9 Å². The summed E-state index contributed by atoms with van der Waals surface area (Å²) in [7, 11) is 0. The van der Waals surface area contributed by atoms with E-state index < -0.39 is 6.04 Å². The number of hydrazone groups is 1. The van der Waals surface area contributed by atoms with Crippen LogP contribution in [0, 0.1) is 0 Å². The summed E-state index contributed by atoms with van der Waals surface area (Å²) < 4.78 is 5.19. The van der Waals surface area contributed by atoms with Crippen molar-refractivity contribution >= 4 is 28.9 Å². The molecule has 4 heterocycles. The Bertz CT molecular complexity index is 1030. The first-order valence-electron chi connectivity index (χ1n) is 8.47. The molecule has 7 nitrogen and oxygen atoms in total. The van der Waals surface area contributed by atoms with Gasteiger partial charge in [0, 0.05) is 23.0 Å². The zero-order valence-electron chi connectivity index (χ0n) is 13.9.